The van der Waals surface area contributed by atoms with Gasteiger partial charge in [0.2, 0.25) is 0 Å². The molecule has 0 radical (unpaired) electrons. The lowest BCUT2D eigenvalue weighted by atomic mass is 9.96. The van der Waals surface area contributed by atoms with Crippen molar-refractivity contribution in [2.45, 2.75) is 83.3 Å². The minimum atomic E-state index is -1.33. The molecule has 1 aromatic carbocycles. The Morgan fingerprint density at radius 1 is 1.08 bits per heavy atom. The third-order valence-corrected chi connectivity index (χ3v) is 4.77. The van der Waals surface area contributed by atoms with Crippen molar-refractivity contribution in [2.24, 2.45) is 5.73 Å². The SMILES string of the molecule is CCCCCCCCCCCC(=O)c1cccc(C(O)C(N)CO)c1F. The van der Waals surface area contributed by atoms with Crippen LogP contribution >= 0.6 is 0 Å². The Kier molecular flexibility index (Phi) is 11.3. The Morgan fingerprint density at radius 2 is 1.65 bits per heavy atom. The van der Waals surface area contributed by atoms with E-state index in [0.29, 0.717) is 6.42 Å². The van der Waals surface area contributed by atoms with E-state index < -0.39 is 24.6 Å². The Bertz CT molecular complexity index is 536. The number of nitrogens with two attached hydrogens (primary N) is 1. The summed E-state index contributed by atoms with van der Waals surface area (Å²) >= 11 is 0. The highest BCUT2D eigenvalue weighted by Crippen LogP contribution is 2.23. The van der Waals surface area contributed by atoms with Crippen molar-refractivity contribution in [2.75, 3.05) is 6.61 Å². The lowest BCUT2D eigenvalue weighted by Gasteiger charge is -2.18. The molecule has 4 nitrogen and oxygen atoms in total. The Hall–Kier alpha value is -1.30. The zero-order chi connectivity index (χ0) is 19.4. The molecule has 2 unspecified atom stereocenters. The summed E-state index contributed by atoms with van der Waals surface area (Å²) in [6.45, 7) is 1.74. The van der Waals surface area contributed by atoms with Gasteiger partial charge in [0.1, 0.15) is 5.82 Å². The predicted molar refractivity (Wildman–Crippen MR) is 103 cm³/mol. The lowest BCUT2D eigenvalue weighted by molar-refractivity contribution is 0.0968. The van der Waals surface area contributed by atoms with E-state index in [2.05, 4.69) is 6.92 Å². The summed E-state index contributed by atoms with van der Waals surface area (Å²) in [4.78, 5) is 12.3. The zero-order valence-electron chi connectivity index (χ0n) is 15.9. The van der Waals surface area contributed by atoms with Gasteiger partial charge in [0, 0.05) is 12.0 Å². The fourth-order valence-corrected chi connectivity index (χ4v) is 3.05. The summed E-state index contributed by atoms with van der Waals surface area (Å²) in [5, 5.41) is 19.0. The van der Waals surface area contributed by atoms with E-state index >= 15 is 0 Å². The van der Waals surface area contributed by atoms with Crippen LogP contribution in [0.1, 0.15) is 93.2 Å². The molecule has 1 aromatic rings. The smallest absolute Gasteiger partial charge is 0.165 e. The minimum Gasteiger partial charge on any atom is -0.395 e. The number of unbranched alkanes of at least 4 members (excludes halogenated alkanes) is 8. The van der Waals surface area contributed by atoms with E-state index in [1.807, 2.05) is 0 Å². The Labute approximate surface area is 156 Å². The van der Waals surface area contributed by atoms with Crippen LogP contribution in [0.5, 0.6) is 0 Å². The average molecular weight is 368 g/mol. The van der Waals surface area contributed by atoms with E-state index in [1.54, 1.807) is 0 Å². The van der Waals surface area contributed by atoms with Gasteiger partial charge in [-0.05, 0) is 12.5 Å². The van der Waals surface area contributed by atoms with Gasteiger partial charge in [-0.25, -0.2) is 4.39 Å². The summed E-state index contributed by atoms with van der Waals surface area (Å²) in [6.07, 6.45) is 9.36. The van der Waals surface area contributed by atoms with Crippen molar-refractivity contribution in [3.05, 3.63) is 35.1 Å². The summed E-state index contributed by atoms with van der Waals surface area (Å²) in [7, 11) is 0. The standard InChI is InChI=1S/C21H34FNO3/c1-2-3-4-5-6-7-8-9-10-14-19(25)16-12-11-13-17(20(16)22)21(26)18(23)15-24/h11-13,18,21,24,26H,2-10,14-15,23H2,1H3. The van der Waals surface area contributed by atoms with Crippen LogP contribution in [-0.2, 0) is 0 Å². The van der Waals surface area contributed by atoms with E-state index in [1.165, 1.54) is 56.7 Å². The van der Waals surface area contributed by atoms with Gasteiger partial charge in [-0.1, -0.05) is 70.4 Å². The highest BCUT2D eigenvalue weighted by Gasteiger charge is 2.23. The monoisotopic (exact) mass is 367 g/mol. The first-order valence-corrected chi connectivity index (χ1v) is 9.89. The molecule has 0 saturated heterocycles. The summed E-state index contributed by atoms with van der Waals surface area (Å²) in [5.41, 5.74) is 5.51. The van der Waals surface area contributed by atoms with Gasteiger partial charge >= 0.3 is 0 Å². The van der Waals surface area contributed by atoms with Crippen LogP contribution in [0.3, 0.4) is 0 Å². The largest absolute Gasteiger partial charge is 0.395 e. The lowest BCUT2D eigenvalue weighted by Crippen LogP contribution is -2.32. The van der Waals surface area contributed by atoms with Gasteiger partial charge in [0.05, 0.1) is 24.3 Å². The maximum Gasteiger partial charge on any atom is 0.165 e. The van der Waals surface area contributed by atoms with Crippen LogP contribution in [0.25, 0.3) is 0 Å². The third kappa shape index (κ3) is 7.52. The molecule has 0 aromatic heterocycles. The summed E-state index contributed by atoms with van der Waals surface area (Å²) in [5.74, 6) is -0.984. The second-order valence-electron chi connectivity index (χ2n) is 7.00. The molecule has 4 N–H and O–H groups in total. The molecule has 1 rings (SSSR count). The maximum atomic E-state index is 14.5. The van der Waals surface area contributed by atoms with Gasteiger partial charge in [0.15, 0.2) is 5.78 Å². The number of Topliss-reactive ketones (excluding diaryl/α,β-unsaturated/α-hetero) is 1. The Balaban J connectivity index is 2.41. The molecular weight excluding hydrogens is 333 g/mol. The molecule has 0 fully saturated rings. The molecule has 0 saturated carbocycles. The maximum absolute atomic E-state index is 14.5. The van der Waals surface area contributed by atoms with Crippen molar-refractivity contribution in [3.63, 3.8) is 0 Å². The van der Waals surface area contributed by atoms with Gasteiger partial charge < -0.3 is 15.9 Å². The number of hydrogen-bond acceptors (Lipinski definition) is 4. The molecule has 0 aliphatic heterocycles. The van der Waals surface area contributed by atoms with Crippen LogP contribution in [0, 0.1) is 5.82 Å². The van der Waals surface area contributed by atoms with Crippen LogP contribution in [0.15, 0.2) is 18.2 Å². The molecule has 148 valence electrons. The second kappa shape index (κ2) is 13.0. The van der Waals surface area contributed by atoms with Crippen LogP contribution in [-0.4, -0.2) is 28.6 Å². The number of carbonyl (C=O) groups excluding carboxylic acids is 1. The van der Waals surface area contributed by atoms with Gasteiger partial charge in [-0.2, -0.15) is 0 Å². The highest BCUT2D eigenvalue weighted by molar-refractivity contribution is 5.96. The molecule has 0 spiro atoms. The van der Waals surface area contributed by atoms with Crippen molar-refractivity contribution in [3.8, 4) is 0 Å². The van der Waals surface area contributed by atoms with Gasteiger partial charge in [-0.3, -0.25) is 4.79 Å². The van der Waals surface area contributed by atoms with Crippen LogP contribution < -0.4 is 5.73 Å². The molecule has 0 amide bonds. The minimum absolute atomic E-state index is 0.00810. The number of aliphatic hydroxyl groups is 2. The third-order valence-electron chi connectivity index (χ3n) is 4.77. The van der Waals surface area contributed by atoms with Gasteiger partial charge in [-0.15, -0.1) is 0 Å². The predicted octanol–water partition coefficient (Wildman–Crippen LogP) is 4.28. The van der Waals surface area contributed by atoms with E-state index in [9.17, 15) is 14.3 Å². The first-order valence-electron chi connectivity index (χ1n) is 9.89. The fraction of sp³-hybridized carbons (Fsp3) is 0.667. The van der Waals surface area contributed by atoms with Crippen LogP contribution in [0.4, 0.5) is 4.39 Å². The molecule has 0 aliphatic carbocycles. The molecule has 0 aliphatic rings. The van der Waals surface area contributed by atoms with Crippen molar-refractivity contribution in [1.29, 1.82) is 0 Å². The quantitative estimate of drug-likeness (QED) is 0.338. The summed E-state index contributed by atoms with van der Waals surface area (Å²) < 4.78 is 14.5. The number of aliphatic hydroxyl groups excluding tert-OH is 2. The number of ketones is 1. The number of rotatable bonds is 14. The van der Waals surface area contributed by atoms with Crippen molar-refractivity contribution < 1.29 is 19.4 Å². The fourth-order valence-electron chi connectivity index (χ4n) is 3.05. The van der Waals surface area contributed by atoms with E-state index in [4.69, 9.17) is 10.8 Å². The number of carbonyl (C=O) groups is 1. The second-order valence-corrected chi connectivity index (χ2v) is 7.00. The molecule has 0 bridgehead atoms. The number of halogens is 1. The molecule has 2 atom stereocenters. The molecule has 26 heavy (non-hydrogen) atoms. The number of hydrogen-bond donors (Lipinski definition) is 3. The first kappa shape index (κ1) is 22.7. The topological polar surface area (TPSA) is 83.5 Å². The molecule has 5 heteroatoms. The summed E-state index contributed by atoms with van der Waals surface area (Å²) in [6, 6.07) is 3.39. The van der Waals surface area contributed by atoms with Crippen LogP contribution in [0.2, 0.25) is 0 Å². The van der Waals surface area contributed by atoms with Crippen molar-refractivity contribution in [1.82, 2.24) is 0 Å². The van der Waals surface area contributed by atoms with E-state index in [0.717, 1.165) is 19.3 Å². The van der Waals surface area contributed by atoms with E-state index in [-0.39, 0.29) is 16.9 Å². The first-order chi connectivity index (χ1) is 12.5. The highest BCUT2D eigenvalue weighted by atomic mass is 19.1. The molecular formula is C21H34FNO3. The zero-order valence-corrected chi connectivity index (χ0v) is 15.9. The van der Waals surface area contributed by atoms with Crippen molar-refractivity contribution >= 4 is 5.78 Å². The van der Waals surface area contributed by atoms with Gasteiger partial charge in [0.25, 0.3) is 0 Å². The molecule has 0 heterocycles. The average Bonchev–Trinajstić information content (AvgIpc) is 2.65. The Morgan fingerprint density at radius 3 is 2.23 bits per heavy atom. The number of benzene rings is 1. The normalized spacial score (nSPS) is 13.6.